The van der Waals surface area contributed by atoms with Gasteiger partial charge < -0.3 is 4.52 Å². The summed E-state index contributed by atoms with van der Waals surface area (Å²) < 4.78 is 19.7. The van der Waals surface area contributed by atoms with Crippen LogP contribution in [-0.4, -0.2) is 16.6 Å². The van der Waals surface area contributed by atoms with Gasteiger partial charge in [0.25, 0.3) is 11.5 Å². The lowest BCUT2D eigenvalue weighted by Crippen LogP contribution is -2.43. The highest BCUT2D eigenvalue weighted by Gasteiger charge is 2.31. The second-order valence-electron chi connectivity index (χ2n) is 4.79. The molecule has 0 saturated carbocycles. The second-order valence-corrected chi connectivity index (χ2v) is 4.79. The van der Waals surface area contributed by atoms with E-state index in [4.69, 9.17) is 4.52 Å². The van der Waals surface area contributed by atoms with E-state index in [9.17, 15) is 18.8 Å². The molecule has 1 atom stereocenters. The molecular formula is C13H11FN2O4. The number of hydrogen-bond donors (Lipinski definition) is 1. The first kappa shape index (κ1) is 12.6. The molecule has 7 heteroatoms. The third-order valence-electron chi connectivity index (χ3n) is 3.35. The standard InChI is InChI=1S/C13H11FN2O4/c1-6-4-7(14)5-8-11(6)20-16(13(8)19)9-2-3-10(17)15-12(9)18/h4-5,9H,2-3H2,1H3,(H,15,17,18). The summed E-state index contributed by atoms with van der Waals surface area (Å²) in [6, 6.07) is 1.45. The third kappa shape index (κ3) is 1.82. The number of piperidine rings is 1. The van der Waals surface area contributed by atoms with Crippen LogP contribution in [-0.2, 0) is 9.59 Å². The first-order valence-electron chi connectivity index (χ1n) is 6.13. The third-order valence-corrected chi connectivity index (χ3v) is 3.35. The monoisotopic (exact) mass is 278 g/mol. The number of carbonyl (C=O) groups excluding carboxylic acids is 2. The minimum absolute atomic E-state index is 0.0900. The molecule has 1 aromatic heterocycles. The fraction of sp³-hybridized carbons (Fsp3) is 0.308. The van der Waals surface area contributed by atoms with E-state index < -0.39 is 23.3 Å². The molecule has 1 saturated heterocycles. The quantitative estimate of drug-likeness (QED) is 0.790. The molecule has 2 heterocycles. The number of nitrogens with one attached hydrogen (secondary N) is 1. The molecule has 0 spiro atoms. The van der Waals surface area contributed by atoms with E-state index >= 15 is 0 Å². The van der Waals surface area contributed by atoms with Crippen molar-refractivity contribution >= 4 is 22.8 Å². The number of fused-ring (bicyclic) bond motifs is 1. The molecule has 2 amide bonds. The molecule has 104 valence electrons. The van der Waals surface area contributed by atoms with E-state index in [0.717, 1.165) is 10.8 Å². The van der Waals surface area contributed by atoms with E-state index in [2.05, 4.69) is 5.32 Å². The maximum Gasteiger partial charge on any atom is 0.291 e. The van der Waals surface area contributed by atoms with E-state index in [1.807, 2.05) is 0 Å². The van der Waals surface area contributed by atoms with E-state index in [-0.39, 0.29) is 29.7 Å². The zero-order valence-corrected chi connectivity index (χ0v) is 10.6. The van der Waals surface area contributed by atoms with E-state index in [1.165, 1.54) is 6.07 Å². The van der Waals surface area contributed by atoms with Gasteiger partial charge in [0.2, 0.25) is 5.91 Å². The summed E-state index contributed by atoms with van der Waals surface area (Å²) in [5.41, 5.74) is 0.154. The highest BCUT2D eigenvalue weighted by molar-refractivity contribution is 5.99. The maximum absolute atomic E-state index is 13.3. The molecule has 0 bridgehead atoms. The van der Waals surface area contributed by atoms with Crippen LogP contribution in [0.4, 0.5) is 4.39 Å². The van der Waals surface area contributed by atoms with Crippen LogP contribution in [0.2, 0.25) is 0 Å². The molecular weight excluding hydrogens is 267 g/mol. The van der Waals surface area contributed by atoms with Gasteiger partial charge in [-0.05, 0) is 31.0 Å². The topological polar surface area (TPSA) is 81.3 Å². The lowest BCUT2D eigenvalue weighted by molar-refractivity contribution is -0.137. The number of imide groups is 1. The van der Waals surface area contributed by atoms with Crippen molar-refractivity contribution in [2.75, 3.05) is 0 Å². The Labute approximate surface area is 112 Å². The Bertz CT molecular complexity index is 790. The smallest absolute Gasteiger partial charge is 0.291 e. The van der Waals surface area contributed by atoms with Crippen molar-refractivity contribution in [1.82, 2.24) is 10.1 Å². The summed E-state index contributed by atoms with van der Waals surface area (Å²) in [5.74, 6) is -1.50. The van der Waals surface area contributed by atoms with Crippen molar-refractivity contribution in [1.29, 1.82) is 0 Å². The number of carbonyl (C=O) groups is 2. The van der Waals surface area contributed by atoms with Crippen molar-refractivity contribution in [3.63, 3.8) is 0 Å². The van der Waals surface area contributed by atoms with Crippen LogP contribution >= 0.6 is 0 Å². The Morgan fingerprint density at radius 2 is 2.10 bits per heavy atom. The number of rotatable bonds is 1. The van der Waals surface area contributed by atoms with Gasteiger partial charge in [-0.3, -0.25) is 19.7 Å². The van der Waals surface area contributed by atoms with Gasteiger partial charge in [0.05, 0.1) is 5.39 Å². The summed E-state index contributed by atoms with van der Waals surface area (Å²) in [7, 11) is 0. The number of hydrogen-bond acceptors (Lipinski definition) is 4. The number of aryl methyl sites for hydroxylation is 1. The Morgan fingerprint density at radius 3 is 2.80 bits per heavy atom. The Morgan fingerprint density at radius 1 is 1.35 bits per heavy atom. The predicted molar refractivity (Wildman–Crippen MR) is 66.6 cm³/mol. The van der Waals surface area contributed by atoms with Gasteiger partial charge in [-0.2, -0.15) is 4.74 Å². The molecule has 0 aliphatic carbocycles. The molecule has 2 aromatic rings. The van der Waals surface area contributed by atoms with Gasteiger partial charge in [-0.1, -0.05) is 0 Å². The van der Waals surface area contributed by atoms with Crippen molar-refractivity contribution in [3.8, 4) is 0 Å². The number of amides is 2. The summed E-state index contributed by atoms with van der Waals surface area (Å²) >= 11 is 0. The summed E-state index contributed by atoms with van der Waals surface area (Å²) in [6.45, 7) is 1.61. The largest absolute Gasteiger partial charge is 0.375 e. The van der Waals surface area contributed by atoms with Crippen LogP contribution in [0.3, 0.4) is 0 Å². The van der Waals surface area contributed by atoms with Gasteiger partial charge in [0.15, 0.2) is 5.58 Å². The molecule has 1 unspecified atom stereocenters. The van der Waals surface area contributed by atoms with Crippen molar-refractivity contribution in [2.45, 2.75) is 25.8 Å². The molecule has 1 fully saturated rings. The minimum Gasteiger partial charge on any atom is -0.375 e. The summed E-state index contributed by atoms with van der Waals surface area (Å²) in [4.78, 5) is 35.1. The Hall–Kier alpha value is -2.44. The highest BCUT2D eigenvalue weighted by atomic mass is 19.1. The zero-order valence-electron chi connectivity index (χ0n) is 10.6. The van der Waals surface area contributed by atoms with Crippen LogP contribution in [0.1, 0.15) is 24.4 Å². The van der Waals surface area contributed by atoms with Crippen molar-refractivity contribution < 1.29 is 18.5 Å². The Balaban J connectivity index is 2.16. The van der Waals surface area contributed by atoms with Crippen molar-refractivity contribution in [3.05, 3.63) is 33.9 Å². The molecule has 20 heavy (non-hydrogen) atoms. The first-order valence-corrected chi connectivity index (χ1v) is 6.13. The van der Waals surface area contributed by atoms with Gasteiger partial charge in [0, 0.05) is 6.42 Å². The fourth-order valence-corrected chi connectivity index (χ4v) is 2.38. The normalized spacial score (nSPS) is 19.4. The molecule has 0 radical (unpaired) electrons. The average Bonchev–Trinajstić information content (AvgIpc) is 2.68. The van der Waals surface area contributed by atoms with Crippen LogP contribution in [0.25, 0.3) is 11.0 Å². The summed E-state index contributed by atoms with van der Waals surface area (Å²) in [6.07, 6.45) is 0.319. The molecule has 3 rings (SSSR count). The van der Waals surface area contributed by atoms with Gasteiger partial charge >= 0.3 is 0 Å². The number of benzene rings is 1. The van der Waals surface area contributed by atoms with Crippen LogP contribution in [0.5, 0.6) is 0 Å². The van der Waals surface area contributed by atoms with Crippen LogP contribution in [0.15, 0.2) is 21.5 Å². The SMILES string of the molecule is Cc1cc(F)cc2c(=O)n(C3CCC(=O)NC3=O)oc12. The lowest BCUT2D eigenvalue weighted by Gasteiger charge is -2.19. The minimum atomic E-state index is -0.880. The van der Waals surface area contributed by atoms with E-state index in [1.54, 1.807) is 6.92 Å². The van der Waals surface area contributed by atoms with Crippen LogP contribution < -0.4 is 10.9 Å². The van der Waals surface area contributed by atoms with Gasteiger partial charge in [0.1, 0.15) is 11.9 Å². The Kier molecular flexibility index (Phi) is 2.70. The highest BCUT2D eigenvalue weighted by Crippen LogP contribution is 2.23. The number of nitrogens with zero attached hydrogens (tertiary/aromatic N) is 1. The van der Waals surface area contributed by atoms with Gasteiger partial charge in [-0.25, -0.2) is 4.39 Å². The van der Waals surface area contributed by atoms with Crippen molar-refractivity contribution in [2.24, 2.45) is 0 Å². The van der Waals surface area contributed by atoms with Crippen LogP contribution in [0, 0.1) is 12.7 Å². The second kappa shape index (κ2) is 4.29. The molecule has 1 aromatic carbocycles. The summed E-state index contributed by atoms with van der Waals surface area (Å²) in [5, 5.41) is 2.24. The first-order chi connectivity index (χ1) is 9.47. The fourth-order valence-electron chi connectivity index (χ4n) is 2.38. The number of aromatic nitrogens is 1. The predicted octanol–water partition coefficient (Wildman–Crippen LogP) is 1.02. The average molecular weight is 278 g/mol. The molecule has 1 N–H and O–H groups in total. The molecule has 1 aliphatic rings. The van der Waals surface area contributed by atoms with E-state index in [0.29, 0.717) is 5.56 Å². The maximum atomic E-state index is 13.3. The lowest BCUT2D eigenvalue weighted by atomic mass is 10.1. The molecule has 6 nitrogen and oxygen atoms in total. The molecule has 1 aliphatic heterocycles. The zero-order chi connectivity index (χ0) is 14.4. The number of halogens is 1. The van der Waals surface area contributed by atoms with Gasteiger partial charge in [-0.15, -0.1) is 0 Å².